The van der Waals surface area contributed by atoms with Crippen LogP contribution in [0.4, 0.5) is 0 Å². The van der Waals surface area contributed by atoms with E-state index in [9.17, 15) is 4.79 Å². The van der Waals surface area contributed by atoms with Gasteiger partial charge in [0.05, 0.1) is 5.56 Å². The Hall–Kier alpha value is -2.52. The van der Waals surface area contributed by atoms with Gasteiger partial charge in [0.1, 0.15) is 5.75 Å². The molecule has 0 aliphatic rings. The van der Waals surface area contributed by atoms with Crippen LogP contribution < -0.4 is 4.74 Å². The minimum absolute atomic E-state index is 0.342. The van der Waals surface area contributed by atoms with Crippen LogP contribution in [0.25, 0.3) is 0 Å². The van der Waals surface area contributed by atoms with E-state index in [2.05, 4.69) is 0 Å². The van der Waals surface area contributed by atoms with E-state index in [1.807, 2.05) is 66.7 Å². The molecule has 22 heavy (non-hydrogen) atoms. The van der Waals surface area contributed by atoms with E-state index in [0.29, 0.717) is 11.3 Å². The van der Waals surface area contributed by atoms with Gasteiger partial charge in [0.2, 0.25) is 0 Å². The quantitative estimate of drug-likeness (QED) is 0.498. The molecule has 0 spiro atoms. The minimum Gasteiger partial charge on any atom is -0.423 e. The molecule has 108 valence electrons. The zero-order chi connectivity index (χ0) is 15.2. The van der Waals surface area contributed by atoms with Crippen LogP contribution in [0.5, 0.6) is 5.75 Å². The SMILES string of the molecule is O=C(Oc1ccccc1)c1ccccc1Sc1ccccc1. The molecule has 0 heterocycles. The van der Waals surface area contributed by atoms with E-state index in [4.69, 9.17) is 4.74 Å². The monoisotopic (exact) mass is 306 g/mol. The molecule has 0 radical (unpaired) electrons. The van der Waals surface area contributed by atoms with E-state index in [1.54, 1.807) is 30.0 Å². The van der Waals surface area contributed by atoms with E-state index >= 15 is 0 Å². The number of carbonyl (C=O) groups excluding carboxylic acids is 1. The predicted molar refractivity (Wildman–Crippen MR) is 88.4 cm³/mol. The van der Waals surface area contributed by atoms with Crippen molar-refractivity contribution in [3.63, 3.8) is 0 Å². The number of para-hydroxylation sites is 1. The first-order valence-corrected chi connectivity index (χ1v) is 7.74. The fourth-order valence-corrected chi connectivity index (χ4v) is 2.95. The Morgan fingerprint density at radius 1 is 0.727 bits per heavy atom. The molecule has 0 saturated carbocycles. The number of ether oxygens (including phenoxy) is 1. The van der Waals surface area contributed by atoms with E-state index in [0.717, 1.165) is 9.79 Å². The highest BCUT2D eigenvalue weighted by Crippen LogP contribution is 2.30. The van der Waals surface area contributed by atoms with Crippen LogP contribution in [0.3, 0.4) is 0 Å². The Labute approximate surface area is 133 Å². The fraction of sp³-hybridized carbons (Fsp3) is 0. The molecule has 0 fully saturated rings. The van der Waals surface area contributed by atoms with Gasteiger partial charge in [-0.15, -0.1) is 0 Å². The largest absolute Gasteiger partial charge is 0.423 e. The number of hydrogen-bond donors (Lipinski definition) is 0. The van der Waals surface area contributed by atoms with Gasteiger partial charge >= 0.3 is 5.97 Å². The van der Waals surface area contributed by atoms with Gasteiger partial charge in [0.25, 0.3) is 0 Å². The van der Waals surface area contributed by atoms with Gasteiger partial charge in [-0.3, -0.25) is 0 Å². The van der Waals surface area contributed by atoms with Gasteiger partial charge in [-0.25, -0.2) is 4.79 Å². The van der Waals surface area contributed by atoms with Gasteiger partial charge in [-0.2, -0.15) is 0 Å². The Morgan fingerprint density at radius 2 is 1.32 bits per heavy atom. The van der Waals surface area contributed by atoms with Crippen LogP contribution in [-0.4, -0.2) is 5.97 Å². The van der Waals surface area contributed by atoms with Crippen molar-refractivity contribution >= 4 is 17.7 Å². The van der Waals surface area contributed by atoms with Gasteiger partial charge in [-0.05, 0) is 36.4 Å². The normalized spacial score (nSPS) is 10.2. The maximum Gasteiger partial charge on any atom is 0.344 e. The molecule has 0 atom stereocenters. The summed E-state index contributed by atoms with van der Waals surface area (Å²) in [5, 5.41) is 0. The summed E-state index contributed by atoms with van der Waals surface area (Å²) in [5.41, 5.74) is 0.570. The van der Waals surface area contributed by atoms with Gasteiger partial charge in [0.15, 0.2) is 0 Å². The highest BCUT2D eigenvalue weighted by atomic mass is 32.2. The van der Waals surface area contributed by atoms with Crippen molar-refractivity contribution in [3.05, 3.63) is 90.5 Å². The third-order valence-electron chi connectivity index (χ3n) is 3.03. The smallest absolute Gasteiger partial charge is 0.344 e. The third kappa shape index (κ3) is 3.57. The summed E-state index contributed by atoms with van der Waals surface area (Å²) in [6.07, 6.45) is 0. The minimum atomic E-state index is -0.342. The van der Waals surface area contributed by atoms with Crippen molar-refractivity contribution < 1.29 is 9.53 Å². The zero-order valence-corrected chi connectivity index (χ0v) is 12.6. The summed E-state index contributed by atoms with van der Waals surface area (Å²) < 4.78 is 5.43. The molecule has 0 aromatic heterocycles. The Bertz CT molecular complexity index is 755. The van der Waals surface area contributed by atoms with Crippen molar-refractivity contribution in [2.24, 2.45) is 0 Å². The summed E-state index contributed by atoms with van der Waals surface area (Å²) in [7, 11) is 0. The summed E-state index contributed by atoms with van der Waals surface area (Å²) in [6.45, 7) is 0. The molecular formula is C19H14O2S. The van der Waals surface area contributed by atoms with E-state index in [-0.39, 0.29) is 5.97 Å². The molecule has 3 aromatic rings. The maximum absolute atomic E-state index is 12.4. The van der Waals surface area contributed by atoms with E-state index in [1.165, 1.54) is 0 Å². The van der Waals surface area contributed by atoms with Crippen LogP contribution >= 0.6 is 11.8 Å². The van der Waals surface area contributed by atoms with Crippen molar-refractivity contribution in [3.8, 4) is 5.75 Å². The average molecular weight is 306 g/mol. The molecular weight excluding hydrogens is 292 g/mol. The molecule has 3 aromatic carbocycles. The Balaban J connectivity index is 1.83. The van der Waals surface area contributed by atoms with Gasteiger partial charge in [0, 0.05) is 9.79 Å². The average Bonchev–Trinajstić information content (AvgIpc) is 2.57. The Kier molecular flexibility index (Phi) is 4.56. The predicted octanol–water partition coefficient (Wildman–Crippen LogP) is 5.06. The van der Waals surface area contributed by atoms with Crippen LogP contribution in [-0.2, 0) is 0 Å². The first-order chi connectivity index (χ1) is 10.8. The van der Waals surface area contributed by atoms with Crippen molar-refractivity contribution in [1.29, 1.82) is 0 Å². The van der Waals surface area contributed by atoms with Crippen LogP contribution in [0, 0.1) is 0 Å². The van der Waals surface area contributed by atoms with Crippen molar-refractivity contribution in [2.75, 3.05) is 0 Å². The lowest BCUT2D eigenvalue weighted by atomic mass is 10.2. The maximum atomic E-state index is 12.4. The van der Waals surface area contributed by atoms with Crippen molar-refractivity contribution in [2.45, 2.75) is 9.79 Å². The molecule has 3 rings (SSSR count). The standard InChI is InChI=1S/C19H14O2S/c20-19(21-15-9-3-1-4-10-15)17-13-7-8-14-18(17)22-16-11-5-2-6-12-16/h1-14H. The zero-order valence-electron chi connectivity index (χ0n) is 11.8. The molecule has 0 N–H and O–H groups in total. The van der Waals surface area contributed by atoms with Crippen LogP contribution in [0.1, 0.15) is 10.4 Å². The fourth-order valence-electron chi connectivity index (χ4n) is 1.99. The molecule has 0 bridgehead atoms. The molecule has 0 amide bonds. The lowest BCUT2D eigenvalue weighted by Gasteiger charge is -2.09. The van der Waals surface area contributed by atoms with Gasteiger partial charge < -0.3 is 4.74 Å². The van der Waals surface area contributed by atoms with Gasteiger partial charge in [-0.1, -0.05) is 60.3 Å². The number of carbonyl (C=O) groups is 1. The molecule has 0 saturated heterocycles. The summed E-state index contributed by atoms with van der Waals surface area (Å²) in [5.74, 6) is 0.206. The lowest BCUT2D eigenvalue weighted by Crippen LogP contribution is -2.09. The second-order valence-corrected chi connectivity index (χ2v) is 5.73. The topological polar surface area (TPSA) is 26.3 Å². The molecule has 0 aliphatic heterocycles. The van der Waals surface area contributed by atoms with Crippen LogP contribution in [0.15, 0.2) is 94.7 Å². The first kappa shape index (κ1) is 14.4. The van der Waals surface area contributed by atoms with Crippen molar-refractivity contribution in [1.82, 2.24) is 0 Å². The molecule has 3 heteroatoms. The second kappa shape index (κ2) is 6.96. The van der Waals surface area contributed by atoms with Crippen LogP contribution in [0.2, 0.25) is 0 Å². The molecule has 0 aliphatic carbocycles. The summed E-state index contributed by atoms with van der Waals surface area (Å²) in [4.78, 5) is 14.4. The lowest BCUT2D eigenvalue weighted by molar-refractivity contribution is 0.0731. The summed E-state index contributed by atoms with van der Waals surface area (Å²) in [6, 6.07) is 26.6. The molecule has 0 unspecified atom stereocenters. The number of hydrogen-bond acceptors (Lipinski definition) is 3. The number of esters is 1. The Morgan fingerprint density at radius 3 is 2.05 bits per heavy atom. The highest BCUT2D eigenvalue weighted by Gasteiger charge is 2.14. The molecule has 2 nitrogen and oxygen atoms in total. The second-order valence-electron chi connectivity index (χ2n) is 4.61. The van der Waals surface area contributed by atoms with E-state index < -0.39 is 0 Å². The highest BCUT2D eigenvalue weighted by molar-refractivity contribution is 7.99. The number of rotatable bonds is 4. The summed E-state index contributed by atoms with van der Waals surface area (Å²) >= 11 is 1.55. The number of benzene rings is 3. The first-order valence-electron chi connectivity index (χ1n) is 6.92. The third-order valence-corrected chi connectivity index (χ3v) is 4.12.